The standard InChI is InChI=1S/C15H11F2N3O/c1-8-4-5-10(16)12(13(8)17)14-11(15(18)20-21-14)9-3-2-6-19-7-9/h2-7H,1H3,(H2,18,20). The first kappa shape index (κ1) is 13.2. The van der Waals surface area contributed by atoms with Crippen LogP contribution in [-0.4, -0.2) is 10.1 Å². The predicted octanol–water partition coefficient (Wildman–Crippen LogP) is 3.57. The second-order valence-electron chi connectivity index (χ2n) is 4.57. The number of halogens is 2. The van der Waals surface area contributed by atoms with Crippen molar-refractivity contribution in [2.24, 2.45) is 0 Å². The van der Waals surface area contributed by atoms with Crippen LogP contribution in [0, 0.1) is 18.6 Å². The van der Waals surface area contributed by atoms with Gasteiger partial charge < -0.3 is 10.3 Å². The van der Waals surface area contributed by atoms with Crippen LogP contribution in [0.4, 0.5) is 14.6 Å². The molecule has 0 atom stereocenters. The Bertz CT molecular complexity index is 800. The quantitative estimate of drug-likeness (QED) is 0.782. The number of nitrogens with two attached hydrogens (primary N) is 1. The van der Waals surface area contributed by atoms with Crippen LogP contribution in [0.2, 0.25) is 0 Å². The smallest absolute Gasteiger partial charge is 0.182 e. The molecular formula is C15H11F2N3O. The summed E-state index contributed by atoms with van der Waals surface area (Å²) in [6.07, 6.45) is 3.11. The van der Waals surface area contributed by atoms with Gasteiger partial charge in [-0.2, -0.15) is 0 Å². The van der Waals surface area contributed by atoms with Crippen molar-refractivity contribution in [3.63, 3.8) is 0 Å². The van der Waals surface area contributed by atoms with Crippen LogP contribution >= 0.6 is 0 Å². The molecule has 0 fully saturated rings. The van der Waals surface area contributed by atoms with Crippen LogP contribution in [-0.2, 0) is 0 Å². The highest BCUT2D eigenvalue weighted by Crippen LogP contribution is 2.39. The monoisotopic (exact) mass is 287 g/mol. The molecule has 0 aliphatic heterocycles. The van der Waals surface area contributed by atoms with E-state index in [4.69, 9.17) is 10.3 Å². The zero-order chi connectivity index (χ0) is 15.0. The van der Waals surface area contributed by atoms with Gasteiger partial charge in [0.1, 0.15) is 11.6 Å². The summed E-state index contributed by atoms with van der Waals surface area (Å²) in [7, 11) is 0. The summed E-state index contributed by atoms with van der Waals surface area (Å²) in [5, 5.41) is 3.62. The molecule has 0 aliphatic rings. The topological polar surface area (TPSA) is 64.9 Å². The predicted molar refractivity (Wildman–Crippen MR) is 74.2 cm³/mol. The number of anilines is 1. The molecule has 4 nitrogen and oxygen atoms in total. The van der Waals surface area contributed by atoms with Crippen molar-refractivity contribution in [2.75, 3.05) is 5.73 Å². The Labute approximate surface area is 119 Å². The molecule has 0 unspecified atom stereocenters. The maximum absolute atomic E-state index is 14.3. The SMILES string of the molecule is Cc1ccc(F)c(-c2onc(N)c2-c2cccnc2)c1F. The minimum atomic E-state index is -0.737. The van der Waals surface area contributed by atoms with Crippen LogP contribution < -0.4 is 5.73 Å². The van der Waals surface area contributed by atoms with E-state index in [1.54, 1.807) is 25.3 Å². The molecule has 3 aromatic rings. The molecule has 0 spiro atoms. The molecule has 0 saturated carbocycles. The molecule has 2 heterocycles. The van der Waals surface area contributed by atoms with E-state index in [9.17, 15) is 8.78 Å². The summed E-state index contributed by atoms with van der Waals surface area (Å²) in [5.74, 6) is -1.42. The van der Waals surface area contributed by atoms with Gasteiger partial charge in [0, 0.05) is 18.0 Å². The molecule has 1 aromatic carbocycles. The van der Waals surface area contributed by atoms with Crippen LogP contribution in [0.1, 0.15) is 5.56 Å². The molecule has 0 saturated heterocycles. The second-order valence-corrected chi connectivity index (χ2v) is 4.57. The normalized spacial score (nSPS) is 10.8. The van der Waals surface area contributed by atoms with E-state index in [2.05, 4.69) is 10.1 Å². The van der Waals surface area contributed by atoms with Gasteiger partial charge in [-0.1, -0.05) is 17.3 Å². The van der Waals surface area contributed by atoms with Gasteiger partial charge in [0.25, 0.3) is 0 Å². The number of nitrogen functional groups attached to an aromatic ring is 1. The first-order valence-electron chi connectivity index (χ1n) is 6.20. The zero-order valence-electron chi connectivity index (χ0n) is 11.1. The number of benzene rings is 1. The summed E-state index contributed by atoms with van der Waals surface area (Å²) >= 11 is 0. The lowest BCUT2D eigenvalue weighted by molar-refractivity contribution is 0.430. The largest absolute Gasteiger partial charge is 0.380 e. The van der Waals surface area contributed by atoms with E-state index < -0.39 is 11.6 Å². The molecule has 0 amide bonds. The van der Waals surface area contributed by atoms with Gasteiger partial charge in [-0.25, -0.2) is 8.78 Å². The molecule has 0 bridgehead atoms. The molecule has 106 valence electrons. The third kappa shape index (κ3) is 2.14. The Kier molecular flexibility index (Phi) is 3.13. The number of aryl methyl sites for hydroxylation is 1. The lowest BCUT2D eigenvalue weighted by atomic mass is 10.0. The minimum Gasteiger partial charge on any atom is -0.380 e. The van der Waals surface area contributed by atoms with E-state index >= 15 is 0 Å². The Balaban J connectivity index is 2.30. The van der Waals surface area contributed by atoms with Crippen molar-refractivity contribution in [3.05, 3.63) is 53.9 Å². The lowest BCUT2D eigenvalue weighted by Gasteiger charge is -2.06. The Morgan fingerprint density at radius 2 is 1.95 bits per heavy atom. The lowest BCUT2D eigenvalue weighted by Crippen LogP contribution is -1.95. The van der Waals surface area contributed by atoms with E-state index in [1.165, 1.54) is 18.3 Å². The van der Waals surface area contributed by atoms with Crippen molar-refractivity contribution in [1.29, 1.82) is 0 Å². The second kappa shape index (κ2) is 4.97. The van der Waals surface area contributed by atoms with Crippen molar-refractivity contribution in [1.82, 2.24) is 10.1 Å². The maximum Gasteiger partial charge on any atom is 0.182 e. The third-order valence-electron chi connectivity index (χ3n) is 3.18. The van der Waals surface area contributed by atoms with Gasteiger partial charge in [-0.3, -0.25) is 4.98 Å². The van der Waals surface area contributed by atoms with Crippen molar-refractivity contribution in [2.45, 2.75) is 6.92 Å². The molecular weight excluding hydrogens is 276 g/mol. The first-order valence-corrected chi connectivity index (χ1v) is 6.20. The van der Waals surface area contributed by atoms with Gasteiger partial charge in [0.05, 0.1) is 11.1 Å². The highest BCUT2D eigenvalue weighted by molar-refractivity contribution is 5.86. The van der Waals surface area contributed by atoms with Gasteiger partial charge in [-0.15, -0.1) is 0 Å². The number of hydrogen-bond donors (Lipinski definition) is 1. The van der Waals surface area contributed by atoms with Crippen LogP contribution in [0.3, 0.4) is 0 Å². The molecule has 6 heteroatoms. The zero-order valence-corrected chi connectivity index (χ0v) is 11.1. The molecule has 21 heavy (non-hydrogen) atoms. The summed E-state index contributed by atoms with van der Waals surface area (Å²) in [6, 6.07) is 5.94. The number of rotatable bonds is 2. The average molecular weight is 287 g/mol. The number of nitrogens with zero attached hydrogens (tertiary/aromatic N) is 2. The molecule has 0 radical (unpaired) electrons. The van der Waals surface area contributed by atoms with E-state index in [0.717, 1.165) is 0 Å². The highest BCUT2D eigenvalue weighted by Gasteiger charge is 2.24. The van der Waals surface area contributed by atoms with E-state index in [1.807, 2.05) is 0 Å². The molecule has 3 rings (SSSR count). The molecule has 2 aromatic heterocycles. The van der Waals surface area contributed by atoms with Crippen LogP contribution in [0.15, 0.2) is 41.2 Å². The average Bonchev–Trinajstić information content (AvgIpc) is 2.86. The Morgan fingerprint density at radius 3 is 2.67 bits per heavy atom. The van der Waals surface area contributed by atoms with Crippen molar-refractivity contribution < 1.29 is 13.3 Å². The van der Waals surface area contributed by atoms with Crippen molar-refractivity contribution in [3.8, 4) is 22.5 Å². The van der Waals surface area contributed by atoms with Crippen LogP contribution in [0.25, 0.3) is 22.5 Å². The van der Waals surface area contributed by atoms with E-state index in [0.29, 0.717) is 16.7 Å². The number of hydrogen-bond acceptors (Lipinski definition) is 4. The van der Waals surface area contributed by atoms with Gasteiger partial charge >= 0.3 is 0 Å². The number of pyridine rings is 1. The number of aromatic nitrogens is 2. The fraction of sp³-hybridized carbons (Fsp3) is 0.0667. The molecule has 2 N–H and O–H groups in total. The first-order chi connectivity index (χ1) is 10.1. The van der Waals surface area contributed by atoms with Crippen molar-refractivity contribution >= 4 is 5.82 Å². The van der Waals surface area contributed by atoms with Crippen LogP contribution in [0.5, 0.6) is 0 Å². The molecule has 0 aliphatic carbocycles. The van der Waals surface area contributed by atoms with Gasteiger partial charge in [0.2, 0.25) is 0 Å². The fourth-order valence-corrected chi connectivity index (χ4v) is 2.13. The van der Waals surface area contributed by atoms with Gasteiger partial charge in [-0.05, 0) is 24.6 Å². The van der Waals surface area contributed by atoms with E-state index in [-0.39, 0.29) is 17.1 Å². The third-order valence-corrected chi connectivity index (χ3v) is 3.18. The highest BCUT2D eigenvalue weighted by atomic mass is 19.1. The Hall–Kier alpha value is -2.76. The summed E-state index contributed by atoms with van der Waals surface area (Å²) in [5.41, 5.74) is 6.70. The fourth-order valence-electron chi connectivity index (χ4n) is 2.13. The summed E-state index contributed by atoms with van der Waals surface area (Å²) in [6.45, 7) is 1.54. The van der Waals surface area contributed by atoms with Gasteiger partial charge in [0.15, 0.2) is 11.6 Å². The maximum atomic E-state index is 14.3. The summed E-state index contributed by atoms with van der Waals surface area (Å²) in [4.78, 5) is 3.97. The summed E-state index contributed by atoms with van der Waals surface area (Å²) < 4.78 is 33.4. The minimum absolute atomic E-state index is 0.0424. The Morgan fingerprint density at radius 1 is 1.14 bits per heavy atom.